The first kappa shape index (κ1) is 32.9. The molecule has 0 saturated heterocycles. The second-order valence-electron chi connectivity index (χ2n) is 11.2. The summed E-state index contributed by atoms with van der Waals surface area (Å²) in [6.45, 7) is 10.4. The number of aromatic nitrogens is 2. The zero-order valence-electron chi connectivity index (χ0n) is 26.4. The summed E-state index contributed by atoms with van der Waals surface area (Å²) in [7, 11) is 0. The maximum absolute atomic E-state index is 13.3. The smallest absolute Gasteiger partial charge is 0.416 e. The molecule has 45 heavy (non-hydrogen) atoms. The molecule has 1 aromatic heterocycles. The van der Waals surface area contributed by atoms with Crippen LogP contribution in [0.3, 0.4) is 0 Å². The summed E-state index contributed by atoms with van der Waals surface area (Å²) >= 11 is 0. The van der Waals surface area contributed by atoms with Gasteiger partial charge in [-0.1, -0.05) is 43.3 Å². The minimum absolute atomic E-state index is 0.122. The maximum Gasteiger partial charge on any atom is 0.416 e. The highest BCUT2D eigenvalue weighted by molar-refractivity contribution is 5.87. The third-order valence-electron chi connectivity index (χ3n) is 6.41. The first-order chi connectivity index (χ1) is 21.6. The summed E-state index contributed by atoms with van der Waals surface area (Å²) in [6.07, 6.45) is 0.843. The maximum atomic E-state index is 13.3. The van der Waals surface area contributed by atoms with E-state index in [1.165, 1.54) is 11.2 Å². The molecular formula is C35H40N4O6. The Morgan fingerprint density at radius 2 is 1.60 bits per heavy atom. The highest BCUT2D eigenvalue weighted by Gasteiger charge is 2.25. The number of esters is 1. The highest BCUT2D eigenvalue weighted by atomic mass is 16.6. The second kappa shape index (κ2) is 15.7. The molecule has 4 rings (SSSR count). The number of rotatable bonds is 13. The zero-order chi connectivity index (χ0) is 32.2. The van der Waals surface area contributed by atoms with Gasteiger partial charge in [0.1, 0.15) is 54.3 Å². The molecule has 0 bridgehead atoms. The van der Waals surface area contributed by atoms with Gasteiger partial charge in [0.05, 0.1) is 12.2 Å². The number of hydrogen-bond donors (Lipinski definition) is 1. The summed E-state index contributed by atoms with van der Waals surface area (Å²) < 4.78 is 23.0. The van der Waals surface area contributed by atoms with Crippen molar-refractivity contribution in [3.8, 4) is 28.5 Å². The molecule has 10 nitrogen and oxygen atoms in total. The molecule has 0 aliphatic rings. The summed E-state index contributed by atoms with van der Waals surface area (Å²) in [4.78, 5) is 35.8. The fourth-order valence-electron chi connectivity index (χ4n) is 4.21. The number of nitrogens with zero attached hydrogens (tertiary/aromatic N) is 3. The summed E-state index contributed by atoms with van der Waals surface area (Å²) in [6, 6.07) is 25.6. The van der Waals surface area contributed by atoms with Gasteiger partial charge in [0.25, 0.3) is 0 Å². The van der Waals surface area contributed by atoms with Crippen molar-refractivity contribution in [2.75, 3.05) is 24.6 Å². The topological polar surface area (TPSA) is 112 Å². The molecule has 236 valence electrons. The molecule has 0 radical (unpaired) electrons. The summed E-state index contributed by atoms with van der Waals surface area (Å²) in [5, 5.41) is 3.03. The number of carbonyl (C=O) groups excluding carboxylic acids is 2. The number of carbonyl (C=O) groups is 2. The Morgan fingerprint density at radius 1 is 0.867 bits per heavy atom. The third kappa shape index (κ3) is 10.3. The van der Waals surface area contributed by atoms with Crippen LogP contribution >= 0.6 is 0 Å². The molecule has 0 aliphatic heterocycles. The van der Waals surface area contributed by atoms with Crippen molar-refractivity contribution in [1.29, 1.82) is 0 Å². The average Bonchev–Trinajstić information content (AvgIpc) is 3.02. The first-order valence-electron chi connectivity index (χ1n) is 14.9. The molecule has 1 atom stereocenters. The fraction of sp³-hybridized carbons (Fsp3) is 0.314. The van der Waals surface area contributed by atoms with E-state index in [-0.39, 0.29) is 19.1 Å². The van der Waals surface area contributed by atoms with Gasteiger partial charge in [0.2, 0.25) is 0 Å². The van der Waals surface area contributed by atoms with Gasteiger partial charge in [0, 0.05) is 17.7 Å². The third-order valence-corrected chi connectivity index (χ3v) is 6.41. The fourth-order valence-corrected chi connectivity index (χ4v) is 4.21. The molecule has 1 heterocycles. The van der Waals surface area contributed by atoms with Gasteiger partial charge in [-0.3, -0.25) is 4.90 Å². The number of ether oxygens (including phenoxy) is 4. The number of anilines is 1. The highest BCUT2D eigenvalue weighted by Crippen LogP contribution is 2.25. The number of hydrogen-bond acceptors (Lipinski definition) is 9. The minimum Gasteiger partial charge on any atom is -0.492 e. The molecule has 4 aromatic rings. The SMILES string of the molecule is CCN[C@@H](C)C(=O)Oc1cccc(OCCN(C(=O)OC(C)(C)C)c2cc(-c3ccc(OCc4ccccc4)cc3)ncn2)c1. The first-order valence-corrected chi connectivity index (χ1v) is 14.9. The lowest BCUT2D eigenvalue weighted by atomic mass is 10.1. The minimum atomic E-state index is -0.719. The number of benzene rings is 3. The van der Waals surface area contributed by atoms with Crippen LogP contribution in [0.4, 0.5) is 10.6 Å². The predicted octanol–water partition coefficient (Wildman–Crippen LogP) is 6.45. The molecule has 0 fully saturated rings. The average molecular weight is 613 g/mol. The van der Waals surface area contributed by atoms with Crippen molar-refractivity contribution in [2.45, 2.75) is 52.9 Å². The van der Waals surface area contributed by atoms with Crippen LogP contribution in [0.15, 0.2) is 91.3 Å². The number of nitrogens with one attached hydrogen (secondary N) is 1. The largest absolute Gasteiger partial charge is 0.492 e. The standard InChI is InChI=1S/C35H40N4O6/c1-6-36-25(2)33(40)44-30-14-10-13-29(21-30)42-20-19-39(34(41)45-35(3,4)5)32-22-31(37-24-38-32)27-15-17-28(18-16-27)43-23-26-11-8-7-9-12-26/h7-18,21-22,24-25,36H,6,19-20,23H2,1-5H3/t25-/m0/s1. The molecule has 0 spiro atoms. The molecule has 0 saturated carbocycles. The van der Waals surface area contributed by atoms with E-state index in [0.29, 0.717) is 36.2 Å². The predicted molar refractivity (Wildman–Crippen MR) is 173 cm³/mol. The van der Waals surface area contributed by atoms with Gasteiger partial charge in [-0.05, 0) is 76.2 Å². The Bertz CT molecular complexity index is 1540. The van der Waals surface area contributed by atoms with Gasteiger partial charge in [0.15, 0.2) is 0 Å². The van der Waals surface area contributed by atoms with E-state index in [2.05, 4.69) is 15.3 Å². The van der Waals surface area contributed by atoms with Gasteiger partial charge < -0.3 is 24.3 Å². The van der Waals surface area contributed by atoms with Crippen molar-refractivity contribution in [1.82, 2.24) is 15.3 Å². The summed E-state index contributed by atoms with van der Waals surface area (Å²) in [5.41, 5.74) is 1.83. The van der Waals surface area contributed by atoms with E-state index in [9.17, 15) is 9.59 Å². The van der Waals surface area contributed by atoms with E-state index >= 15 is 0 Å². The lowest BCUT2D eigenvalue weighted by Gasteiger charge is -2.27. The van der Waals surface area contributed by atoms with E-state index in [4.69, 9.17) is 18.9 Å². The van der Waals surface area contributed by atoms with Crippen molar-refractivity contribution in [3.05, 3.63) is 96.8 Å². The molecule has 10 heteroatoms. The Labute approximate surface area is 264 Å². The van der Waals surface area contributed by atoms with Gasteiger partial charge in [-0.25, -0.2) is 19.6 Å². The number of amides is 1. The van der Waals surface area contributed by atoms with Crippen molar-refractivity contribution < 1.29 is 28.5 Å². The Balaban J connectivity index is 1.44. The lowest BCUT2D eigenvalue weighted by molar-refractivity contribution is -0.136. The van der Waals surface area contributed by atoms with Gasteiger partial charge in [-0.2, -0.15) is 0 Å². The molecule has 1 amide bonds. The molecule has 0 unspecified atom stereocenters. The van der Waals surface area contributed by atoms with E-state index in [0.717, 1.165) is 16.9 Å². The van der Waals surface area contributed by atoms with Crippen molar-refractivity contribution in [3.63, 3.8) is 0 Å². The quantitative estimate of drug-likeness (QED) is 0.135. The van der Waals surface area contributed by atoms with Gasteiger partial charge >= 0.3 is 12.1 Å². The lowest BCUT2D eigenvalue weighted by Crippen LogP contribution is -2.39. The molecular weight excluding hydrogens is 572 g/mol. The molecule has 0 aliphatic carbocycles. The van der Waals surface area contributed by atoms with E-state index < -0.39 is 17.7 Å². The van der Waals surface area contributed by atoms with Crippen LogP contribution in [0.2, 0.25) is 0 Å². The van der Waals surface area contributed by atoms with Crippen LogP contribution in [0.25, 0.3) is 11.3 Å². The van der Waals surface area contributed by atoms with Crippen LogP contribution < -0.4 is 24.4 Å². The van der Waals surface area contributed by atoms with E-state index in [1.54, 1.807) is 58.0 Å². The second-order valence-corrected chi connectivity index (χ2v) is 11.2. The molecule has 1 N–H and O–H groups in total. The molecule has 3 aromatic carbocycles. The van der Waals surface area contributed by atoms with E-state index in [1.807, 2.05) is 61.5 Å². The summed E-state index contributed by atoms with van der Waals surface area (Å²) in [5.74, 6) is 1.55. The Morgan fingerprint density at radius 3 is 2.31 bits per heavy atom. The van der Waals surface area contributed by atoms with Crippen molar-refractivity contribution >= 4 is 17.9 Å². The van der Waals surface area contributed by atoms with Crippen molar-refractivity contribution in [2.24, 2.45) is 0 Å². The van der Waals surface area contributed by atoms with Crippen LogP contribution in [0.1, 0.15) is 40.2 Å². The monoisotopic (exact) mass is 612 g/mol. The Kier molecular flexibility index (Phi) is 11.5. The van der Waals surface area contributed by atoms with Crippen LogP contribution in [-0.4, -0.2) is 53.4 Å². The Hall–Kier alpha value is -4.96. The normalized spacial score (nSPS) is 11.8. The zero-order valence-corrected chi connectivity index (χ0v) is 26.4. The van der Waals surface area contributed by atoms with Crippen LogP contribution in [-0.2, 0) is 16.1 Å². The van der Waals surface area contributed by atoms with Crippen LogP contribution in [0, 0.1) is 0 Å². The van der Waals surface area contributed by atoms with Gasteiger partial charge in [-0.15, -0.1) is 0 Å². The van der Waals surface area contributed by atoms with Crippen LogP contribution in [0.5, 0.6) is 17.2 Å². The number of likely N-dealkylation sites (N-methyl/N-ethyl adjacent to an activating group) is 1.